The zero-order valence-electron chi connectivity index (χ0n) is 9.48. The third kappa shape index (κ3) is 1.46. The summed E-state index contributed by atoms with van der Waals surface area (Å²) in [7, 11) is 2.13. The molecule has 0 N–H and O–H groups in total. The van der Waals surface area contributed by atoms with Gasteiger partial charge in [0.15, 0.2) is 0 Å². The van der Waals surface area contributed by atoms with Crippen LogP contribution in [0, 0.1) is 0 Å². The van der Waals surface area contributed by atoms with Gasteiger partial charge in [-0.25, -0.2) is 4.98 Å². The van der Waals surface area contributed by atoms with Crippen LogP contribution in [0.25, 0.3) is 11.0 Å². The first-order valence-corrected chi connectivity index (χ1v) is 6.49. The fourth-order valence-electron chi connectivity index (χ4n) is 2.38. The van der Waals surface area contributed by atoms with Gasteiger partial charge >= 0.3 is 0 Å². The fourth-order valence-corrected chi connectivity index (χ4v) is 2.58. The van der Waals surface area contributed by atoms with E-state index in [0.29, 0.717) is 5.92 Å². The lowest BCUT2D eigenvalue weighted by Crippen LogP contribution is -2.13. The SMILES string of the molecule is Cn1c(C2CCC2)nc2ccc(CS)cc21. The molecule has 0 bridgehead atoms. The Morgan fingerprint density at radius 2 is 2.25 bits per heavy atom. The van der Waals surface area contributed by atoms with Crippen molar-refractivity contribution in [2.24, 2.45) is 7.05 Å². The molecule has 1 fully saturated rings. The van der Waals surface area contributed by atoms with Crippen LogP contribution < -0.4 is 0 Å². The van der Waals surface area contributed by atoms with Gasteiger partial charge in [-0.1, -0.05) is 12.5 Å². The second-order valence-corrected chi connectivity index (χ2v) is 4.95. The number of aromatic nitrogens is 2. The second-order valence-electron chi connectivity index (χ2n) is 4.64. The molecule has 1 aromatic carbocycles. The highest BCUT2D eigenvalue weighted by Gasteiger charge is 2.24. The van der Waals surface area contributed by atoms with Gasteiger partial charge in [-0.05, 0) is 30.5 Å². The number of aryl methyl sites for hydroxylation is 1. The average Bonchev–Trinajstić information content (AvgIpc) is 2.54. The maximum Gasteiger partial charge on any atom is 0.112 e. The molecule has 0 aliphatic heterocycles. The van der Waals surface area contributed by atoms with Gasteiger partial charge in [0.05, 0.1) is 11.0 Å². The van der Waals surface area contributed by atoms with Crippen molar-refractivity contribution in [3.8, 4) is 0 Å². The van der Waals surface area contributed by atoms with Crippen LogP contribution in [0.1, 0.15) is 36.6 Å². The summed E-state index contributed by atoms with van der Waals surface area (Å²) in [6, 6.07) is 6.44. The fraction of sp³-hybridized carbons (Fsp3) is 0.462. The van der Waals surface area contributed by atoms with Crippen molar-refractivity contribution in [2.45, 2.75) is 30.9 Å². The molecule has 2 nitrogen and oxygen atoms in total. The van der Waals surface area contributed by atoms with Gasteiger partial charge in [-0.15, -0.1) is 0 Å². The van der Waals surface area contributed by atoms with Crippen LogP contribution in [0.3, 0.4) is 0 Å². The van der Waals surface area contributed by atoms with E-state index in [4.69, 9.17) is 4.98 Å². The van der Waals surface area contributed by atoms with E-state index >= 15 is 0 Å². The molecule has 1 saturated carbocycles. The molecule has 2 aromatic rings. The summed E-state index contributed by atoms with van der Waals surface area (Å²) in [5.74, 6) is 2.74. The standard InChI is InChI=1S/C13H16N2S/c1-15-12-7-9(8-16)5-6-11(12)14-13(15)10-3-2-4-10/h5-7,10,16H,2-4,8H2,1H3. The minimum atomic E-state index is 0.692. The number of rotatable bonds is 2. The van der Waals surface area contributed by atoms with E-state index in [-0.39, 0.29) is 0 Å². The zero-order chi connectivity index (χ0) is 11.1. The molecule has 1 heterocycles. The van der Waals surface area contributed by atoms with Gasteiger partial charge in [0.1, 0.15) is 5.82 Å². The summed E-state index contributed by atoms with van der Waals surface area (Å²) < 4.78 is 2.26. The summed E-state index contributed by atoms with van der Waals surface area (Å²) in [5, 5.41) is 0. The Morgan fingerprint density at radius 1 is 1.44 bits per heavy atom. The number of benzene rings is 1. The van der Waals surface area contributed by atoms with Crippen molar-refractivity contribution in [1.29, 1.82) is 0 Å². The number of fused-ring (bicyclic) bond motifs is 1. The first kappa shape index (κ1) is 10.2. The van der Waals surface area contributed by atoms with Gasteiger partial charge < -0.3 is 4.57 Å². The molecule has 3 heteroatoms. The van der Waals surface area contributed by atoms with Crippen molar-refractivity contribution in [3.05, 3.63) is 29.6 Å². The molecule has 16 heavy (non-hydrogen) atoms. The Labute approximate surface area is 101 Å². The predicted molar refractivity (Wildman–Crippen MR) is 70.0 cm³/mol. The molecule has 3 rings (SSSR count). The molecular weight excluding hydrogens is 216 g/mol. The largest absolute Gasteiger partial charge is 0.331 e. The Hall–Kier alpha value is -0.960. The average molecular weight is 232 g/mol. The quantitative estimate of drug-likeness (QED) is 0.787. The van der Waals surface area contributed by atoms with Crippen LogP contribution in [-0.4, -0.2) is 9.55 Å². The number of thiol groups is 1. The van der Waals surface area contributed by atoms with Crippen LogP contribution in [0.2, 0.25) is 0 Å². The molecule has 84 valence electrons. The van der Waals surface area contributed by atoms with E-state index in [1.807, 2.05) is 0 Å². The highest BCUT2D eigenvalue weighted by Crippen LogP contribution is 2.36. The van der Waals surface area contributed by atoms with Crippen molar-refractivity contribution in [1.82, 2.24) is 9.55 Å². The van der Waals surface area contributed by atoms with Crippen molar-refractivity contribution in [3.63, 3.8) is 0 Å². The minimum absolute atomic E-state index is 0.692. The first-order chi connectivity index (χ1) is 7.79. The molecule has 0 unspecified atom stereocenters. The van der Waals surface area contributed by atoms with E-state index in [1.54, 1.807) is 0 Å². The second kappa shape index (κ2) is 3.81. The van der Waals surface area contributed by atoms with E-state index in [0.717, 1.165) is 11.3 Å². The molecule has 0 amide bonds. The topological polar surface area (TPSA) is 17.8 Å². The lowest BCUT2D eigenvalue weighted by Gasteiger charge is -2.24. The monoisotopic (exact) mass is 232 g/mol. The Morgan fingerprint density at radius 3 is 2.88 bits per heavy atom. The van der Waals surface area contributed by atoms with Crippen molar-refractivity contribution < 1.29 is 0 Å². The third-order valence-corrected chi connectivity index (χ3v) is 4.00. The number of hydrogen-bond donors (Lipinski definition) is 1. The van der Waals surface area contributed by atoms with Crippen LogP contribution in [0.15, 0.2) is 18.2 Å². The smallest absolute Gasteiger partial charge is 0.112 e. The van der Waals surface area contributed by atoms with Gasteiger partial charge in [0.2, 0.25) is 0 Å². The summed E-state index contributed by atoms with van der Waals surface area (Å²) in [6.45, 7) is 0. The van der Waals surface area contributed by atoms with E-state index in [9.17, 15) is 0 Å². The molecule has 0 spiro atoms. The maximum absolute atomic E-state index is 4.75. The first-order valence-electron chi connectivity index (χ1n) is 5.85. The third-order valence-electron chi connectivity index (χ3n) is 3.63. The molecular formula is C13H16N2S. The minimum Gasteiger partial charge on any atom is -0.331 e. The van der Waals surface area contributed by atoms with Gasteiger partial charge in [-0.3, -0.25) is 0 Å². The van der Waals surface area contributed by atoms with Crippen LogP contribution in [0.5, 0.6) is 0 Å². The number of nitrogens with zero attached hydrogens (tertiary/aromatic N) is 2. The van der Waals surface area contributed by atoms with E-state index in [2.05, 4.69) is 42.4 Å². The Bertz CT molecular complexity index is 526. The molecule has 0 radical (unpaired) electrons. The van der Waals surface area contributed by atoms with Gasteiger partial charge in [0.25, 0.3) is 0 Å². The predicted octanol–water partition coefficient (Wildman–Crippen LogP) is 3.27. The lowest BCUT2D eigenvalue weighted by atomic mass is 9.85. The molecule has 1 aliphatic carbocycles. The van der Waals surface area contributed by atoms with Crippen molar-refractivity contribution in [2.75, 3.05) is 0 Å². The van der Waals surface area contributed by atoms with Gasteiger partial charge in [0, 0.05) is 18.7 Å². The molecule has 1 aliphatic rings. The van der Waals surface area contributed by atoms with Crippen molar-refractivity contribution >= 4 is 23.7 Å². The maximum atomic E-state index is 4.75. The lowest BCUT2D eigenvalue weighted by molar-refractivity contribution is 0.395. The highest BCUT2D eigenvalue weighted by atomic mass is 32.1. The Balaban J connectivity index is 2.14. The molecule has 1 aromatic heterocycles. The summed E-state index contributed by atoms with van der Waals surface area (Å²) >= 11 is 4.32. The van der Waals surface area contributed by atoms with E-state index < -0.39 is 0 Å². The highest BCUT2D eigenvalue weighted by molar-refractivity contribution is 7.79. The Kier molecular flexibility index (Phi) is 2.43. The number of imidazole rings is 1. The molecule has 0 saturated heterocycles. The van der Waals surface area contributed by atoms with Crippen LogP contribution in [-0.2, 0) is 12.8 Å². The van der Waals surface area contributed by atoms with Crippen LogP contribution in [0.4, 0.5) is 0 Å². The van der Waals surface area contributed by atoms with E-state index in [1.165, 1.54) is 36.2 Å². The summed E-state index contributed by atoms with van der Waals surface area (Å²) in [5.41, 5.74) is 3.63. The normalized spacial score (nSPS) is 16.6. The van der Waals surface area contributed by atoms with Crippen LogP contribution >= 0.6 is 12.6 Å². The summed E-state index contributed by atoms with van der Waals surface area (Å²) in [4.78, 5) is 4.75. The molecule has 0 atom stereocenters. The summed E-state index contributed by atoms with van der Waals surface area (Å²) in [6.07, 6.45) is 3.96. The van der Waals surface area contributed by atoms with Gasteiger partial charge in [-0.2, -0.15) is 12.6 Å². The number of hydrogen-bond acceptors (Lipinski definition) is 2. The zero-order valence-corrected chi connectivity index (χ0v) is 10.4.